The minimum Gasteiger partial charge on any atom is -0.392 e. The summed E-state index contributed by atoms with van der Waals surface area (Å²) in [4.78, 5) is 17.7. The number of fused-ring (bicyclic) bond motifs is 1. The average molecular weight is 527 g/mol. The number of halogens is 4. The van der Waals surface area contributed by atoms with Crippen molar-refractivity contribution in [1.29, 1.82) is 0 Å². The van der Waals surface area contributed by atoms with Crippen molar-refractivity contribution in [3.8, 4) is 28.3 Å². The third-order valence-electron chi connectivity index (χ3n) is 5.97. The molecule has 0 saturated carbocycles. The first-order valence-corrected chi connectivity index (χ1v) is 11.5. The van der Waals surface area contributed by atoms with Crippen LogP contribution in [-0.4, -0.2) is 40.4 Å². The highest BCUT2D eigenvalue weighted by Gasteiger charge is 2.34. The van der Waals surface area contributed by atoms with Crippen LogP contribution < -0.4 is 11.0 Å². The summed E-state index contributed by atoms with van der Waals surface area (Å²) in [6.07, 6.45) is -1.08. The summed E-state index contributed by atoms with van der Waals surface area (Å²) in [7, 11) is 1.71. The van der Waals surface area contributed by atoms with E-state index in [4.69, 9.17) is 0 Å². The Bertz CT molecular complexity index is 1720. The average Bonchev–Trinajstić information content (AvgIpc) is 3.45. The molecule has 0 saturated heterocycles. The van der Waals surface area contributed by atoms with Crippen LogP contribution in [0.2, 0.25) is 0 Å². The summed E-state index contributed by atoms with van der Waals surface area (Å²) in [5.74, 6) is 0.282. The number of aliphatic hydroxyl groups is 1. The highest BCUT2D eigenvalue weighted by atomic mass is 19.4. The lowest BCUT2D eigenvalue weighted by molar-refractivity contribution is -0.136. The maximum atomic E-state index is 14.3. The molecule has 0 atom stereocenters. The number of anilines is 1. The summed E-state index contributed by atoms with van der Waals surface area (Å²) in [6.45, 7) is 1.63. The molecule has 0 aliphatic heterocycles. The zero-order valence-electron chi connectivity index (χ0n) is 20.2. The normalized spacial score (nSPS) is 11.9. The molecule has 0 bridgehead atoms. The Hall–Kier alpha value is -4.52. The Balaban J connectivity index is 1.77. The van der Waals surface area contributed by atoms with E-state index in [1.54, 1.807) is 23.7 Å². The fraction of sp³-hybridized carbons (Fsp3) is 0.200. The molecule has 0 amide bonds. The van der Waals surface area contributed by atoms with E-state index in [0.717, 1.165) is 27.4 Å². The molecule has 0 unspecified atom stereocenters. The minimum atomic E-state index is -4.77. The van der Waals surface area contributed by atoms with Crippen molar-refractivity contribution >= 4 is 11.3 Å². The van der Waals surface area contributed by atoms with Crippen molar-refractivity contribution in [2.45, 2.75) is 19.7 Å². The Labute approximate surface area is 212 Å². The zero-order valence-corrected chi connectivity index (χ0v) is 20.2. The summed E-state index contributed by atoms with van der Waals surface area (Å²) in [5.41, 5.74) is -0.853. The van der Waals surface area contributed by atoms with Crippen molar-refractivity contribution in [3.63, 3.8) is 0 Å². The van der Waals surface area contributed by atoms with Crippen molar-refractivity contribution in [2.24, 2.45) is 7.05 Å². The first-order chi connectivity index (χ1) is 18.1. The summed E-state index contributed by atoms with van der Waals surface area (Å²) < 4.78 is 59.1. The molecule has 38 heavy (non-hydrogen) atoms. The number of nitrogens with one attached hydrogen (secondary N) is 1. The number of aryl methyl sites for hydroxylation is 1. The SMILES string of the molecule is CCNc1cc(-c2ccc(F)cc2-c2nncn2C)cc(-n2cc3c(C(F)(F)F)cc(CO)cn3c2=O)n1. The lowest BCUT2D eigenvalue weighted by Gasteiger charge is -2.13. The number of hydrogen-bond donors (Lipinski definition) is 2. The Kier molecular flexibility index (Phi) is 6.23. The van der Waals surface area contributed by atoms with Crippen LogP contribution >= 0.6 is 0 Å². The number of nitrogens with zero attached hydrogens (tertiary/aromatic N) is 6. The molecule has 5 aromatic rings. The highest BCUT2D eigenvalue weighted by Crippen LogP contribution is 2.35. The standard InChI is InChI=1S/C25H21F4N7O2/c1-3-30-21-7-15(17-5-4-16(26)9-18(17)23-33-31-13-34(23)2)8-22(32-21)36-11-20-19(25(27,28)29)6-14(12-37)10-35(20)24(36)38/h4-11,13,37H,3,12H2,1-2H3,(H,30,32). The van der Waals surface area contributed by atoms with Gasteiger partial charge < -0.3 is 15.0 Å². The van der Waals surface area contributed by atoms with E-state index in [9.17, 15) is 27.5 Å². The van der Waals surface area contributed by atoms with Crippen LogP contribution in [0.25, 0.3) is 33.8 Å². The predicted molar refractivity (Wildman–Crippen MR) is 131 cm³/mol. The van der Waals surface area contributed by atoms with Gasteiger partial charge in [-0.25, -0.2) is 14.2 Å². The molecule has 5 rings (SSSR count). The largest absolute Gasteiger partial charge is 0.418 e. The van der Waals surface area contributed by atoms with Crippen molar-refractivity contribution in [3.05, 3.63) is 82.5 Å². The maximum absolute atomic E-state index is 14.3. The van der Waals surface area contributed by atoms with Crippen LogP contribution in [0.4, 0.5) is 23.4 Å². The van der Waals surface area contributed by atoms with Gasteiger partial charge in [-0.2, -0.15) is 13.2 Å². The van der Waals surface area contributed by atoms with Gasteiger partial charge in [-0.1, -0.05) is 6.07 Å². The van der Waals surface area contributed by atoms with Gasteiger partial charge in [-0.15, -0.1) is 10.2 Å². The fourth-order valence-electron chi connectivity index (χ4n) is 4.27. The van der Waals surface area contributed by atoms with Crippen molar-refractivity contribution in [1.82, 2.24) is 28.7 Å². The van der Waals surface area contributed by atoms with Crippen LogP contribution in [-0.2, 0) is 19.8 Å². The molecule has 13 heteroatoms. The molecule has 4 heterocycles. The molecular formula is C25H21F4N7O2. The number of aromatic nitrogens is 6. The lowest BCUT2D eigenvalue weighted by Crippen LogP contribution is -2.20. The topological polar surface area (TPSA) is 102 Å². The summed E-state index contributed by atoms with van der Waals surface area (Å²) in [6, 6.07) is 8.13. The first-order valence-electron chi connectivity index (χ1n) is 11.5. The monoisotopic (exact) mass is 527 g/mol. The molecule has 196 valence electrons. The first kappa shape index (κ1) is 25.1. The number of hydrogen-bond acceptors (Lipinski definition) is 6. The maximum Gasteiger partial charge on any atom is 0.418 e. The molecule has 1 aromatic carbocycles. The Morgan fingerprint density at radius 2 is 1.87 bits per heavy atom. The van der Waals surface area contributed by atoms with Gasteiger partial charge in [-0.3, -0.25) is 8.97 Å². The molecule has 9 nitrogen and oxygen atoms in total. The fourth-order valence-corrected chi connectivity index (χ4v) is 4.27. The molecule has 0 spiro atoms. The molecule has 0 aliphatic rings. The van der Waals surface area contributed by atoms with Gasteiger partial charge in [0.15, 0.2) is 5.82 Å². The van der Waals surface area contributed by atoms with Gasteiger partial charge in [0.2, 0.25) is 0 Å². The van der Waals surface area contributed by atoms with Gasteiger partial charge in [0, 0.05) is 31.5 Å². The zero-order chi connectivity index (χ0) is 27.2. The third kappa shape index (κ3) is 4.41. The smallest absolute Gasteiger partial charge is 0.392 e. The second-order valence-corrected chi connectivity index (χ2v) is 8.54. The molecule has 0 aliphatic carbocycles. The second-order valence-electron chi connectivity index (χ2n) is 8.54. The highest BCUT2D eigenvalue weighted by molar-refractivity contribution is 5.82. The van der Waals surface area contributed by atoms with Gasteiger partial charge in [0.05, 0.1) is 17.7 Å². The predicted octanol–water partition coefficient (Wildman–Crippen LogP) is 4.03. The molecule has 0 fully saturated rings. The lowest BCUT2D eigenvalue weighted by atomic mass is 9.99. The quantitative estimate of drug-likeness (QED) is 0.324. The van der Waals surface area contributed by atoms with Crippen molar-refractivity contribution in [2.75, 3.05) is 11.9 Å². The molecular weight excluding hydrogens is 506 g/mol. The Morgan fingerprint density at radius 3 is 2.53 bits per heavy atom. The second kappa shape index (κ2) is 9.41. The van der Waals surface area contributed by atoms with E-state index < -0.39 is 35.4 Å². The molecule has 2 N–H and O–H groups in total. The van der Waals surface area contributed by atoms with Gasteiger partial charge in [0.1, 0.15) is 23.8 Å². The summed E-state index contributed by atoms with van der Waals surface area (Å²) in [5, 5.41) is 20.4. The van der Waals surface area contributed by atoms with Crippen LogP contribution in [0.3, 0.4) is 0 Å². The van der Waals surface area contributed by atoms with Gasteiger partial charge in [0.25, 0.3) is 0 Å². The Morgan fingerprint density at radius 1 is 1.08 bits per heavy atom. The number of alkyl halides is 3. The van der Waals surface area contributed by atoms with E-state index >= 15 is 0 Å². The van der Waals surface area contributed by atoms with Crippen LogP contribution in [0, 0.1) is 5.82 Å². The van der Waals surface area contributed by atoms with Crippen molar-refractivity contribution < 1.29 is 22.7 Å². The van der Waals surface area contributed by atoms with Gasteiger partial charge in [-0.05, 0) is 53.9 Å². The van der Waals surface area contributed by atoms with Crippen LogP contribution in [0.5, 0.6) is 0 Å². The van der Waals surface area contributed by atoms with E-state index in [-0.39, 0.29) is 11.4 Å². The van der Waals surface area contributed by atoms with Crippen LogP contribution in [0.1, 0.15) is 18.1 Å². The number of aliphatic hydroxyl groups excluding tert-OH is 1. The number of benzene rings is 1. The van der Waals surface area contributed by atoms with E-state index in [2.05, 4.69) is 20.5 Å². The molecule has 0 radical (unpaired) electrons. The van der Waals surface area contributed by atoms with Crippen LogP contribution in [0.15, 0.2) is 59.9 Å². The minimum absolute atomic E-state index is 0.0408. The summed E-state index contributed by atoms with van der Waals surface area (Å²) >= 11 is 0. The third-order valence-corrected chi connectivity index (χ3v) is 5.97. The molecule has 4 aromatic heterocycles. The number of pyridine rings is 2. The van der Waals surface area contributed by atoms with E-state index in [1.807, 2.05) is 6.92 Å². The number of imidazole rings is 1. The van der Waals surface area contributed by atoms with E-state index in [1.165, 1.54) is 24.5 Å². The number of rotatable bonds is 6. The van der Waals surface area contributed by atoms with Gasteiger partial charge >= 0.3 is 11.9 Å². The van der Waals surface area contributed by atoms with E-state index in [0.29, 0.717) is 34.9 Å².